The second kappa shape index (κ2) is 8.34. The number of carbonyl (C=O) groups is 2. The van der Waals surface area contributed by atoms with Crippen molar-refractivity contribution in [1.82, 2.24) is 5.27 Å². The smallest absolute Gasteiger partial charge is 0.300 e. The summed E-state index contributed by atoms with van der Waals surface area (Å²) in [5, 5.41) is 15.5. The van der Waals surface area contributed by atoms with Crippen LogP contribution in [0.2, 0.25) is 0 Å². The number of amidine groups is 1. The Hall–Kier alpha value is -3.72. The number of aryl methyl sites for hydroxylation is 1. The van der Waals surface area contributed by atoms with E-state index in [2.05, 4.69) is 14.8 Å². The third-order valence-corrected chi connectivity index (χ3v) is 5.25. The molecule has 2 heterocycles. The number of aromatic nitrogens is 2. The standard InChI is InChI=1S/C21H16N4O4S/c1-24-18(20(28)29-23-24)17(26)13-30-21-22-16(12-14-8-4-2-5-9-14)19(27)25(21)15-10-6-3-7-11-15/h2-12H,13H2,1H3/b16-12+. The number of nitrogens with zero attached hydrogens (tertiary/aromatic N) is 4. The third kappa shape index (κ3) is 3.87. The van der Waals surface area contributed by atoms with Crippen LogP contribution in [-0.4, -0.2) is 27.9 Å². The van der Waals surface area contributed by atoms with Crippen molar-refractivity contribution in [3.05, 3.63) is 77.6 Å². The van der Waals surface area contributed by atoms with Gasteiger partial charge in [0.1, 0.15) is 5.70 Å². The molecule has 0 saturated heterocycles. The number of hydrogen-bond acceptors (Lipinski definition) is 7. The lowest BCUT2D eigenvalue weighted by atomic mass is 10.2. The number of aliphatic imine (C=N–C) groups is 1. The summed E-state index contributed by atoms with van der Waals surface area (Å²) >= 11 is 1.07. The highest BCUT2D eigenvalue weighted by molar-refractivity contribution is 8.14. The molecule has 30 heavy (non-hydrogen) atoms. The van der Waals surface area contributed by atoms with Crippen molar-refractivity contribution in [2.24, 2.45) is 12.0 Å². The fourth-order valence-electron chi connectivity index (χ4n) is 2.91. The normalized spacial score (nSPS) is 15.0. The Labute approximate surface area is 176 Å². The van der Waals surface area contributed by atoms with E-state index in [9.17, 15) is 14.7 Å². The van der Waals surface area contributed by atoms with Crippen molar-refractivity contribution in [3.63, 3.8) is 0 Å². The minimum absolute atomic E-state index is 0.0989. The lowest BCUT2D eigenvalue weighted by Crippen LogP contribution is -2.38. The van der Waals surface area contributed by atoms with E-state index in [0.717, 1.165) is 22.0 Å². The zero-order chi connectivity index (χ0) is 21.1. The van der Waals surface area contributed by atoms with Crippen LogP contribution >= 0.6 is 11.8 Å². The van der Waals surface area contributed by atoms with Crippen LogP contribution in [0, 0.1) is 0 Å². The molecule has 1 aliphatic rings. The van der Waals surface area contributed by atoms with E-state index in [1.54, 1.807) is 18.2 Å². The highest BCUT2D eigenvalue weighted by Gasteiger charge is 2.33. The summed E-state index contributed by atoms with van der Waals surface area (Å²) < 4.78 is 5.60. The monoisotopic (exact) mass is 420 g/mol. The van der Waals surface area contributed by atoms with E-state index in [-0.39, 0.29) is 23.1 Å². The first-order valence-corrected chi connectivity index (χ1v) is 9.97. The molecular formula is C21H16N4O4S. The summed E-state index contributed by atoms with van der Waals surface area (Å²) in [6.45, 7) is 0. The molecule has 9 heteroatoms. The molecule has 0 N–H and O–H groups in total. The quantitative estimate of drug-likeness (QED) is 0.355. The number of carbonyl (C=O) groups excluding carboxylic acids is 2. The number of ketones is 1. The van der Waals surface area contributed by atoms with Gasteiger partial charge in [0.2, 0.25) is 5.78 Å². The minimum atomic E-state index is -0.794. The van der Waals surface area contributed by atoms with Gasteiger partial charge in [-0.25, -0.2) is 4.99 Å². The van der Waals surface area contributed by atoms with E-state index in [0.29, 0.717) is 10.9 Å². The molecule has 0 saturated carbocycles. The Morgan fingerprint density at radius 2 is 1.83 bits per heavy atom. The molecule has 0 bridgehead atoms. The number of thioether (sulfide) groups is 1. The Morgan fingerprint density at radius 1 is 1.17 bits per heavy atom. The summed E-state index contributed by atoms with van der Waals surface area (Å²) in [7, 11) is 1.45. The van der Waals surface area contributed by atoms with E-state index in [1.165, 1.54) is 11.9 Å². The number of anilines is 1. The van der Waals surface area contributed by atoms with E-state index < -0.39 is 11.7 Å². The van der Waals surface area contributed by atoms with Gasteiger partial charge >= 0.3 is 0 Å². The van der Waals surface area contributed by atoms with Gasteiger partial charge in [-0.3, -0.25) is 14.5 Å². The number of benzene rings is 2. The van der Waals surface area contributed by atoms with Crippen LogP contribution in [-0.2, 0) is 11.8 Å². The third-order valence-electron chi connectivity index (χ3n) is 4.31. The van der Waals surface area contributed by atoms with Gasteiger partial charge in [0, 0.05) is 0 Å². The second-order valence-electron chi connectivity index (χ2n) is 6.36. The molecule has 1 amide bonds. The molecule has 0 radical (unpaired) electrons. The van der Waals surface area contributed by atoms with E-state index in [4.69, 9.17) is 0 Å². The Balaban J connectivity index is 1.63. The van der Waals surface area contributed by atoms with Crippen LogP contribution < -0.4 is 14.7 Å². The maximum absolute atomic E-state index is 13.1. The van der Waals surface area contributed by atoms with Crippen LogP contribution in [0.4, 0.5) is 5.69 Å². The first kappa shape index (κ1) is 19.6. The van der Waals surface area contributed by atoms with Gasteiger partial charge in [-0.15, -0.1) is 0 Å². The maximum atomic E-state index is 13.1. The molecule has 0 unspecified atom stereocenters. The number of hydrogen-bond donors (Lipinski definition) is 0. The summed E-state index contributed by atoms with van der Waals surface area (Å²) in [6, 6.07) is 18.4. The first-order chi connectivity index (χ1) is 14.5. The average molecular weight is 420 g/mol. The highest BCUT2D eigenvalue weighted by atomic mass is 32.2. The number of amides is 1. The summed E-state index contributed by atoms with van der Waals surface area (Å²) in [5.74, 6) is -1.65. The van der Waals surface area contributed by atoms with Crippen molar-refractivity contribution < 1.29 is 23.9 Å². The zero-order valence-corrected chi connectivity index (χ0v) is 16.7. The topological polar surface area (TPSA) is 103 Å². The predicted octanol–water partition coefficient (Wildman–Crippen LogP) is 1.93. The van der Waals surface area contributed by atoms with Gasteiger partial charge in [-0.1, -0.05) is 65.0 Å². The van der Waals surface area contributed by atoms with Gasteiger partial charge in [-0.05, 0) is 23.8 Å². The summed E-state index contributed by atoms with van der Waals surface area (Å²) in [6.07, 6.45) is 1.70. The fourth-order valence-corrected chi connectivity index (χ4v) is 3.79. The molecule has 0 fully saturated rings. The SMILES string of the molecule is C[n+]1noc([O-])c1C(=O)CSC1=N/C(=C/c2ccccc2)C(=O)N1c1ccccc1. The summed E-state index contributed by atoms with van der Waals surface area (Å²) in [5.41, 5.74) is 1.59. The second-order valence-corrected chi connectivity index (χ2v) is 7.30. The first-order valence-electron chi connectivity index (χ1n) is 8.98. The molecule has 0 atom stereocenters. The van der Waals surface area contributed by atoms with Crippen molar-refractivity contribution in [3.8, 4) is 5.95 Å². The van der Waals surface area contributed by atoms with Gasteiger partial charge in [0.15, 0.2) is 18.2 Å². The van der Waals surface area contributed by atoms with Gasteiger partial charge < -0.3 is 9.63 Å². The van der Waals surface area contributed by atoms with Gasteiger partial charge in [-0.2, -0.15) is 0 Å². The number of Topliss-reactive ketones (excluding diaryl/α,β-unsaturated/α-hetero) is 1. The summed E-state index contributed by atoms with van der Waals surface area (Å²) in [4.78, 5) is 31.5. The van der Waals surface area contributed by atoms with Crippen LogP contribution in [0.3, 0.4) is 0 Å². The molecule has 1 aromatic heterocycles. The molecule has 150 valence electrons. The molecular weight excluding hydrogens is 404 g/mol. The average Bonchev–Trinajstić information content (AvgIpc) is 3.26. The van der Waals surface area contributed by atoms with Crippen LogP contribution in [0.25, 0.3) is 6.08 Å². The molecule has 0 spiro atoms. The number of para-hydroxylation sites is 1. The molecule has 8 nitrogen and oxygen atoms in total. The maximum Gasteiger partial charge on any atom is 0.300 e. The lowest BCUT2D eigenvalue weighted by molar-refractivity contribution is -0.741. The van der Waals surface area contributed by atoms with Crippen molar-refractivity contribution >= 4 is 40.4 Å². The highest BCUT2D eigenvalue weighted by Crippen LogP contribution is 2.29. The minimum Gasteiger partial charge on any atom is -0.539 e. The lowest BCUT2D eigenvalue weighted by Gasteiger charge is -2.17. The zero-order valence-electron chi connectivity index (χ0n) is 15.9. The molecule has 1 aliphatic heterocycles. The van der Waals surface area contributed by atoms with E-state index >= 15 is 0 Å². The fraction of sp³-hybridized carbons (Fsp3) is 0.0952. The van der Waals surface area contributed by atoms with Crippen LogP contribution in [0.1, 0.15) is 16.1 Å². The van der Waals surface area contributed by atoms with Crippen LogP contribution in [0.15, 0.2) is 75.9 Å². The van der Waals surface area contributed by atoms with Gasteiger partial charge in [0.05, 0.1) is 16.7 Å². The molecule has 4 rings (SSSR count). The van der Waals surface area contributed by atoms with Gasteiger partial charge in [0.25, 0.3) is 11.6 Å². The van der Waals surface area contributed by atoms with Crippen molar-refractivity contribution in [2.45, 2.75) is 0 Å². The van der Waals surface area contributed by atoms with E-state index in [1.807, 2.05) is 48.5 Å². The van der Waals surface area contributed by atoms with Crippen molar-refractivity contribution in [2.75, 3.05) is 10.7 Å². The Bertz CT molecular complexity index is 1140. The number of rotatable bonds is 5. The molecule has 2 aromatic carbocycles. The molecule has 0 aliphatic carbocycles. The Kier molecular flexibility index (Phi) is 5.44. The largest absolute Gasteiger partial charge is 0.539 e. The van der Waals surface area contributed by atoms with Crippen molar-refractivity contribution in [1.29, 1.82) is 0 Å². The predicted molar refractivity (Wildman–Crippen MR) is 110 cm³/mol. The Morgan fingerprint density at radius 3 is 2.47 bits per heavy atom. The molecule has 3 aromatic rings. The van der Waals surface area contributed by atoms with Crippen LogP contribution in [0.5, 0.6) is 5.95 Å².